The van der Waals surface area contributed by atoms with Gasteiger partial charge in [-0.2, -0.15) is 0 Å². The highest BCUT2D eigenvalue weighted by Gasteiger charge is 2.36. The predicted molar refractivity (Wildman–Crippen MR) is 93.4 cm³/mol. The highest BCUT2D eigenvalue weighted by atomic mass is 16.2. The van der Waals surface area contributed by atoms with Crippen LogP contribution in [0, 0.1) is 11.8 Å². The summed E-state index contributed by atoms with van der Waals surface area (Å²) in [7, 11) is 0. The van der Waals surface area contributed by atoms with Gasteiger partial charge in [0.1, 0.15) is 0 Å². The lowest BCUT2D eigenvalue weighted by atomic mass is 10.1. The number of carbonyl (C=O) groups is 3. The van der Waals surface area contributed by atoms with Gasteiger partial charge in [0.15, 0.2) is 0 Å². The molecule has 1 aromatic rings. The molecule has 1 aromatic carbocycles. The molecule has 2 aliphatic carbocycles. The summed E-state index contributed by atoms with van der Waals surface area (Å²) in [6.45, 7) is 0.218. The van der Waals surface area contributed by atoms with E-state index in [4.69, 9.17) is 0 Å². The first-order valence-electron chi connectivity index (χ1n) is 9.05. The number of likely N-dealkylation sites (tertiary alicyclic amines) is 1. The Balaban J connectivity index is 1.49. The molecule has 0 aromatic heterocycles. The van der Waals surface area contributed by atoms with Crippen LogP contribution in [-0.4, -0.2) is 22.6 Å². The molecule has 5 heteroatoms. The van der Waals surface area contributed by atoms with Crippen LogP contribution in [0.5, 0.6) is 0 Å². The van der Waals surface area contributed by atoms with Crippen LogP contribution in [0.25, 0.3) is 0 Å². The van der Waals surface area contributed by atoms with E-state index in [9.17, 15) is 14.4 Å². The number of anilines is 1. The van der Waals surface area contributed by atoms with E-state index < -0.39 is 0 Å². The van der Waals surface area contributed by atoms with Crippen LogP contribution in [0.4, 0.5) is 5.69 Å². The lowest BCUT2D eigenvalue weighted by Crippen LogP contribution is -2.28. The average molecular weight is 338 g/mol. The number of hydrogen-bond acceptors (Lipinski definition) is 3. The van der Waals surface area contributed by atoms with Gasteiger partial charge < -0.3 is 5.32 Å². The van der Waals surface area contributed by atoms with Crippen molar-refractivity contribution in [2.24, 2.45) is 11.8 Å². The van der Waals surface area contributed by atoms with Crippen LogP contribution < -0.4 is 5.32 Å². The molecule has 25 heavy (non-hydrogen) atoms. The van der Waals surface area contributed by atoms with Crippen LogP contribution >= 0.6 is 0 Å². The first-order chi connectivity index (χ1) is 12.1. The molecular formula is C20H22N2O3. The molecule has 5 nitrogen and oxygen atoms in total. The quantitative estimate of drug-likeness (QED) is 0.640. The van der Waals surface area contributed by atoms with Crippen LogP contribution in [0.1, 0.15) is 44.1 Å². The summed E-state index contributed by atoms with van der Waals surface area (Å²) in [6, 6.07) is 7.37. The third-order valence-corrected chi connectivity index (χ3v) is 5.15. The maximum atomic E-state index is 12.5. The zero-order valence-corrected chi connectivity index (χ0v) is 14.2. The number of hydrogen-bond donors (Lipinski definition) is 1. The molecule has 1 N–H and O–H groups in total. The third-order valence-electron chi connectivity index (χ3n) is 5.15. The summed E-state index contributed by atoms with van der Waals surface area (Å²) in [5, 5.41) is 2.95. The molecule has 1 heterocycles. The van der Waals surface area contributed by atoms with Gasteiger partial charge in [0, 0.05) is 24.6 Å². The van der Waals surface area contributed by atoms with Crippen LogP contribution in [0.3, 0.4) is 0 Å². The monoisotopic (exact) mass is 338 g/mol. The number of rotatable bonds is 6. The molecule has 0 bridgehead atoms. The average Bonchev–Trinajstić information content (AvgIpc) is 3.50. The van der Waals surface area contributed by atoms with E-state index in [2.05, 4.69) is 5.32 Å². The van der Waals surface area contributed by atoms with Gasteiger partial charge in [-0.05, 0) is 49.1 Å². The molecule has 0 unspecified atom stereocenters. The van der Waals surface area contributed by atoms with E-state index in [1.165, 1.54) is 36.2 Å². The number of para-hydroxylation sites is 1. The molecule has 3 amide bonds. The van der Waals surface area contributed by atoms with Gasteiger partial charge in [0.2, 0.25) is 17.7 Å². The van der Waals surface area contributed by atoms with Crippen molar-refractivity contribution in [1.82, 2.24) is 4.90 Å². The van der Waals surface area contributed by atoms with Gasteiger partial charge in [-0.25, -0.2) is 0 Å². The van der Waals surface area contributed by atoms with E-state index in [0.29, 0.717) is 17.5 Å². The Labute approximate surface area is 147 Å². The number of benzene rings is 1. The molecule has 4 rings (SSSR count). The van der Waals surface area contributed by atoms with E-state index in [0.717, 1.165) is 5.56 Å². The first-order valence-corrected chi connectivity index (χ1v) is 9.05. The molecule has 3 aliphatic rings. The summed E-state index contributed by atoms with van der Waals surface area (Å²) in [6.07, 6.45) is 7.14. The van der Waals surface area contributed by atoms with Crippen molar-refractivity contribution in [3.8, 4) is 0 Å². The molecule has 0 spiro atoms. The Bertz CT molecular complexity index is 730. The molecule has 2 saturated carbocycles. The molecule has 0 atom stereocenters. The highest BCUT2D eigenvalue weighted by Crippen LogP contribution is 2.48. The number of carbonyl (C=O) groups excluding carboxylic acids is 3. The predicted octanol–water partition coefficient (Wildman–Crippen LogP) is 3.02. The Morgan fingerprint density at radius 3 is 2.24 bits per heavy atom. The van der Waals surface area contributed by atoms with Crippen molar-refractivity contribution in [1.29, 1.82) is 0 Å². The summed E-state index contributed by atoms with van der Waals surface area (Å²) in [5.41, 5.74) is 2.76. The van der Waals surface area contributed by atoms with Crippen LogP contribution in [0.15, 0.2) is 35.9 Å². The SMILES string of the molecule is O=C(C=C(C1CC1)C1CC1)Nc1ccccc1CN1C(=O)CCC1=O. The van der Waals surface area contributed by atoms with Gasteiger partial charge in [0.25, 0.3) is 0 Å². The fourth-order valence-corrected chi connectivity index (χ4v) is 3.47. The normalized spacial score (nSPS) is 19.9. The smallest absolute Gasteiger partial charge is 0.248 e. The van der Waals surface area contributed by atoms with Crippen LogP contribution in [-0.2, 0) is 20.9 Å². The Morgan fingerprint density at radius 1 is 1.04 bits per heavy atom. The second-order valence-corrected chi connectivity index (χ2v) is 7.21. The van der Waals surface area contributed by atoms with Crippen molar-refractivity contribution < 1.29 is 14.4 Å². The first kappa shape index (κ1) is 16.1. The largest absolute Gasteiger partial charge is 0.322 e. The van der Waals surface area contributed by atoms with Crippen molar-refractivity contribution in [3.63, 3.8) is 0 Å². The third kappa shape index (κ3) is 3.65. The van der Waals surface area contributed by atoms with E-state index in [1.807, 2.05) is 24.3 Å². The Hall–Kier alpha value is -2.43. The number of nitrogens with one attached hydrogen (secondary N) is 1. The standard InChI is InChI=1S/C20H22N2O3/c23-18(11-16(13-5-6-13)14-7-8-14)21-17-4-2-1-3-15(17)12-22-19(24)9-10-20(22)25/h1-4,11,13-14H,5-10,12H2,(H,21,23). The Kier molecular flexibility index (Phi) is 4.15. The lowest BCUT2D eigenvalue weighted by molar-refractivity contribution is -0.139. The number of allylic oxidation sites excluding steroid dienone is 1. The minimum atomic E-state index is -0.143. The topological polar surface area (TPSA) is 66.5 Å². The Morgan fingerprint density at radius 2 is 1.64 bits per heavy atom. The fourth-order valence-electron chi connectivity index (χ4n) is 3.47. The van der Waals surface area contributed by atoms with Gasteiger partial charge in [-0.3, -0.25) is 19.3 Å². The second kappa shape index (κ2) is 6.47. The summed E-state index contributed by atoms with van der Waals surface area (Å²) in [4.78, 5) is 37.4. The summed E-state index contributed by atoms with van der Waals surface area (Å²) < 4.78 is 0. The van der Waals surface area contributed by atoms with Crippen molar-refractivity contribution in [3.05, 3.63) is 41.5 Å². The minimum Gasteiger partial charge on any atom is -0.322 e. The van der Waals surface area contributed by atoms with E-state index >= 15 is 0 Å². The molecule has 130 valence electrons. The molecule has 3 fully saturated rings. The number of nitrogens with zero attached hydrogens (tertiary/aromatic N) is 1. The van der Waals surface area contributed by atoms with Crippen molar-refractivity contribution in [2.75, 3.05) is 5.32 Å². The van der Waals surface area contributed by atoms with Gasteiger partial charge in [0.05, 0.1) is 6.54 Å². The van der Waals surface area contributed by atoms with Gasteiger partial charge in [-0.1, -0.05) is 23.8 Å². The molecule has 0 radical (unpaired) electrons. The fraction of sp³-hybridized carbons (Fsp3) is 0.450. The maximum absolute atomic E-state index is 12.5. The van der Waals surface area contributed by atoms with E-state index in [1.54, 1.807) is 6.08 Å². The molecular weight excluding hydrogens is 316 g/mol. The molecule has 1 saturated heterocycles. The molecule has 1 aliphatic heterocycles. The minimum absolute atomic E-state index is 0.111. The lowest BCUT2D eigenvalue weighted by Gasteiger charge is -2.17. The van der Waals surface area contributed by atoms with Crippen molar-refractivity contribution >= 4 is 23.4 Å². The van der Waals surface area contributed by atoms with Crippen LogP contribution in [0.2, 0.25) is 0 Å². The number of imide groups is 1. The van der Waals surface area contributed by atoms with Gasteiger partial charge >= 0.3 is 0 Å². The zero-order chi connectivity index (χ0) is 17.4. The summed E-state index contributed by atoms with van der Waals surface area (Å²) in [5.74, 6) is 0.813. The second-order valence-electron chi connectivity index (χ2n) is 7.21. The maximum Gasteiger partial charge on any atom is 0.248 e. The number of amides is 3. The summed E-state index contributed by atoms with van der Waals surface area (Å²) >= 11 is 0. The van der Waals surface area contributed by atoms with E-state index in [-0.39, 0.29) is 37.1 Å². The zero-order valence-electron chi connectivity index (χ0n) is 14.2. The van der Waals surface area contributed by atoms with Gasteiger partial charge in [-0.15, -0.1) is 0 Å². The highest BCUT2D eigenvalue weighted by molar-refractivity contribution is 6.02. The van der Waals surface area contributed by atoms with Crippen molar-refractivity contribution in [2.45, 2.75) is 45.1 Å².